The Labute approximate surface area is 130 Å². The van der Waals surface area contributed by atoms with Gasteiger partial charge in [-0.3, -0.25) is 0 Å². The highest BCUT2D eigenvalue weighted by Gasteiger charge is 2.08. The van der Waals surface area contributed by atoms with Crippen LogP contribution in [0.4, 0.5) is 0 Å². The van der Waals surface area contributed by atoms with Crippen LogP contribution in [0.2, 0.25) is 5.15 Å². The van der Waals surface area contributed by atoms with Crippen LogP contribution in [0.3, 0.4) is 0 Å². The molecule has 0 aliphatic carbocycles. The van der Waals surface area contributed by atoms with Gasteiger partial charge in [0.2, 0.25) is 0 Å². The minimum atomic E-state index is 0.274. The van der Waals surface area contributed by atoms with Crippen molar-refractivity contribution in [3.63, 3.8) is 0 Å². The van der Waals surface area contributed by atoms with Gasteiger partial charge in [0.1, 0.15) is 16.0 Å². The summed E-state index contributed by atoms with van der Waals surface area (Å²) in [5, 5.41) is 1.40. The fourth-order valence-electron chi connectivity index (χ4n) is 1.77. The lowest BCUT2D eigenvalue weighted by atomic mass is 10.0. The van der Waals surface area contributed by atoms with E-state index in [0.29, 0.717) is 11.1 Å². The van der Waals surface area contributed by atoms with Gasteiger partial charge >= 0.3 is 0 Å². The molecule has 0 N–H and O–H groups in total. The SMILES string of the molecule is CC(C)c1ccc(Sc2cc(Cl)nc(C(C)C)n2)cc1. The Balaban J connectivity index is 2.21. The summed E-state index contributed by atoms with van der Waals surface area (Å²) in [6.45, 7) is 8.53. The van der Waals surface area contributed by atoms with Gasteiger partial charge in [-0.2, -0.15) is 0 Å². The number of hydrogen-bond donors (Lipinski definition) is 0. The molecule has 2 aromatic rings. The number of hydrogen-bond acceptors (Lipinski definition) is 3. The van der Waals surface area contributed by atoms with Crippen molar-refractivity contribution in [3.05, 3.63) is 46.9 Å². The van der Waals surface area contributed by atoms with Crippen LogP contribution in [0.5, 0.6) is 0 Å². The predicted octanol–water partition coefficient (Wildman–Crippen LogP) is 5.53. The lowest BCUT2D eigenvalue weighted by Crippen LogP contribution is -1.98. The first-order valence-corrected chi connectivity index (χ1v) is 7.97. The maximum absolute atomic E-state index is 6.06. The van der Waals surface area contributed by atoms with Crippen molar-refractivity contribution in [2.75, 3.05) is 0 Å². The lowest BCUT2D eigenvalue weighted by Gasteiger charge is -2.08. The molecule has 0 amide bonds. The predicted molar refractivity (Wildman–Crippen MR) is 85.8 cm³/mol. The van der Waals surface area contributed by atoms with Crippen LogP contribution >= 0.6 is 23.4 Å². The minimum absolute atomic E-state index is 0.274. The number of nitrogens with zero attached hydrogens (tertiary/aromatic N) is 2. The highest BCUT2D eigenvalue weighted by molar-refractivity contribution is 7.99. The third-order valence-electron chi connectivity index (χ3n) is 2.97. The van der Waals surface area contributed by atoms with Crippen molar-refractivity contribution in [1.29, 1.82) is 0 Å². The molecule has 1 aromatic heterocycles. The number of aromatic nitrogens is 2. The molecule has 0 spiro atoms. The van der Waals surface area contributed by atoms with Crippen molar-refractivity contribution in [1.82, 2.24) is 9.97 Å². The molecular formula is C16H19ClN2S. The molecule has 0 saturated carbocycles. The zero-order valence-electron chi connectivity index (χ0n) is 12.2. The molecule has 2 rings (SSSR count). The summed E-state index contributed by atoms with van der Waals surface area (Å²) in [5.74, 6) is 1.62. The monoisotopic (exact) mass is 306 g/mol. The van der Waals surface area contributed by atoms with Gasteiger partial charge in [0, 0.05) is 16.9 Å². The zero-order valence-corrected chi connectivity index (χ0v) is 13.8. The maximum Gasteiger partial charge on any atom is 0.133 e. The Morgan fingerprint density at radius 3 is 2.15 bits per heavy atom. The summed E-state index contributed by atoms with van der Waals surface area (Å²) in [6.07, 6.45) is 0. The van der Waals surface area contributed by atoms with Gasteiger partial charge in [-0.1, -0.05) is 63.2 Å². The van der Waals surface area contributed by atoms with Gasteiger partial charge < -0.3 is 0 Å². The van der Waals surface area contributed by atoms with E-state index in [1.165, 1.54) is 10.5 Å². The molecule has 0 unspecified atom stereocenters. The first-order chi connectivity index (χ1) is 9.45. The maximum atomic E-state index is 6.06. The summed E-state index contributed by atoms with van der Waals surface area (Å²) in [6, 6.07) is 10.4. The Morgan fingerprint density at radius 2 is 1.60 bits per heavy atom. The average molecular weight is 307 g/mol. The third kappa shape index (κ3) is 3.97. The first-order valence-electron chi connectivity index (χ1n) is 6.78. The summed E-state index contributed by atoms with van der Waals surface area (Å²) in [5.41, 5.74) is 1.35. The average Bonchev–Trinajstić information content (AvgIpc) is 2.38. The molecule has 2 nitrogen and oxygen atoms in total. The molecule has 1 heterocycles. The molecule has 0 atom stereocenters. The standard InChI is InChI=1S/C16H19ClN2S/c1-10(2)12-5-7-13(8-6-12)20-15-9-14(17)18-16(19-15)11(3)4/h5-11H,1-4H3. The van der Waals surface area contributed by atoms with E-state index in [1.807, 2.05) is 6.07 Å². The summed E-state index contributed by atoms with van der Waals surface area (Å²) < 4.78 is 0. The van der Waals surface area contributed by atoms with Gasteiger partial charge in [-0.15, -0.1) is 0 Å². The molecule has 0 fully saturated rings. The second kappa shape index (κ2) is 6.59. The highest BCUT2D eigenvalue weighted by atomic mass is 35.5. The van der Waals surface area contributed by atoms with E-state index < -0.39 is 0 Å². The van der Waals surface area contributed by atoms with Crippen LogP contribution in [0.25, 0.3) is 0 Å². The summed E-state index contributed by atoms with van der Waals surface area (Å²) in [4.78, 5) is 9.97. The van der Waals surface area contributed by atoms with Crippen molar-refractivity contribution < 1.29 is 0 Å². The van der Waals surface area contributed by atoms with E-state index in [2.05, 4.69) is 61.9 Å². The fourth-order valence-corrected chi connectivity index (χ4v) is 2.84. The van der Waals surface area contributed by atoms with E-state index in [1.54, 1.807) is 11.8 Å². The van der Waals surface area contributed by atoms with Gasteiger partial charge in [0.15, 0.2) is 0 Å². The van der Waals surface area contributed by atoms with Crippen LogP contribution in [-0.4, -0.2) is 9.97 Å². The largest absolute Gasteiger partial charge is 0.226 e. The Hall–Kier alpha value is -1.06. The number of benzene rings is 1. The fraction of sp³-hybridized carbons (Fsp3) is 0.375. The molecule has 0 bridgehead atoms. The van der Waals surface area contributed by atoms with Gasteiger partial charge in [-0.05, 0) is 23.6 Å². The first kappa shape index (κ1) is 15.3. The second-order valence-electron chi connectivity index (χ2n) is 5.37. The Morgan fingerprint density at radius 1 is 0.950 bits per heavy atom. The van der Waals surface area contributed by atoms with Crippen LogP contribution in [0.15, 0.2) is 40.3 Å². The second-order valence-corrected chi connectivity index (χ2v) is 6.85. The Kier molecular flexibility index (Phi) is 5.06. The molecule has 20 heavy (non-hydrogen) atoms. The quantitative estimate of drug-likeness (QED) is 0.695. The van der Waals surface area contributed by atoms with E-state index in [4.69, 9.17) is 11.6 Å². The topological polar surface area (TPSA) is 25.8 Å². The Bertz CT molecular complexity index is 580. The van der Waals surface area contributed by atoms with Gasteiger partial charge in [-0.25, -0.2) is 9.97 Å². The lowest BCUT2D eigenvalue weighted by molar-refractivity contribution is 0.753. The zero-order chi connectivity index (χ0) is 14.7. The minimum Gasteiger partial charge on any atom is -0.226 e. The van der Waals surface area contributed by atoms with E-state index >= 15 is 0 Å². The van der Waals surface area contributed by atoms with Crippen LogP contribution < -0.4 is 0 Å². The van der Waals surface area contributed by atoms with Crippen LogP contribution in [-0.2, 0) is 0 Å². The van der Waals surface area contributed by atoms with E-state index in [9.17, 15) is 0 Å². The van der Waals surface area contributed by atoms with Crippen LogP contribution in [0, 0.1) is 0 Å². The van der Waals surface area contributed by atoms with Crippen molar-refractivity contribution in [2.45, 2.75) is 49.5 Å². The van der Waals surface area contributed by atoms with Crippen molar-refractivity contribution in [2.24, 2.45) is 0 Å². The van der Waals surface area contributed by atoms with E-state index in [-0.39, 0.29) is 5.92 Å². The third-order valence-corrected chi connectivity index (χ3v) is 4.09. The molecule has 0 aliphatic heterocycles. The molecule has 106 valence electrons. The molecule has 0 radical (unpaired) electrons. The van der Waals surface area contributed by atoms with E-state index in [0.717, 1.165) is 10.9 Å². The highest BCUT2D eigenvalue weighted by Crippen LogP contribution is 2.29. The smallest absolute Gasteiger partial charge is 0.133 e. The number of rotatable bonds is 4. The molecular weight excluding hydrogens is 288 g/mol. The molecule has 0 saturated heterocycles. The normalized spacial score (nSPS) is 11.3. The molecule has 1 aromatic carbocycles. The van der Waals surface area contributed by atoms with Crippen LogP contribution in [0.1, 0.15) is 50.9 Å². The van der Waals surface area contributed by atoms with Crippen molar-refractivity contribution in [3.8, 4) is 0 Å². The van der Waals surface area contributed by atoms with Gasteiger partial charge in [0.05, 0.1) is 0 Å². The number of halogens is 1. The summed E-state index contributed by atoms with van der Waals surface area (Å²) >= 11 is 7.68. The molecule has 4 heteroatoms. The summed E-state index contributed by atoms with van der Waals surface area (Å²) in [7, 11) is 0. The van der Waals surface area contributed by atoms with Gasteiger partial charge in [0.25, 0.3) is 0 Å². The molecule has 0 aliphatic rings. The van der Waals surface area contributed by atoms with Crippen molar-refractivity contribution >= 4 is 23.4 Å².